The van der Waals surface area contributed by atoms with Crippen molar-refractivity contribution in [3.8, 4) is 29.9 Å². The van der Waals surface area contributed by atoms with Gasteiger partial charge in [0.05, 0.1) is 21.4 Å². The van der Waals surface area contributed by atoms with E-state index in [4.69, 9.17) is 19.7 Å². The lowest BCUT2D eigenvalue weighted by molar-refractivity contribution is -0.155. The number of benzene rings is 1. The molecule has 4 unspecified atom stereocenters. The lowest BCUT2D eigenvalue weighted by atomic mass is 9.95. The lowest BCUT2D eigenvalue weighted by Gasteiger charge is -2.20. The zero-order valence-corrected chi connectivity index (χ0v) is 65.4. The number of hydrogen-bond donors (Lipinski definition) is 2. The molecule has 0 radical (unpaired) electrons. The molecule has 530 valence electrons. The molecule has 6 aromatic heterocycles. The zero-order valence-electron chi connectivity index (χ0n) is 60.5. The summed E-state index contributed by atoms with van der Waals surface area (Å²) in [5, 5.41) is 19.2. The quantitative estimate of drug-likeness (QED) is 0.0168. The van der Waals surface area contributed by atoms with E-state index in [1.165, 1.54) is 165 Å². The number of rotatable bonds is 41. The predicted octanol–water partition coefficient (Wildman–Crippen LogP) is 26.7. The van der Waals surface area contributed by atoms with E-state index in [1.807, 2.05) is 70.5 Å². The molecule has 2 N–H and O–H groups in total. The van der Waals surface area contributed by atoms with E-state index in [2.05, 4.69) is 154 Å². The molecule has 1 aromatic carbocycles. The Morgan fingerprint density at radius 3 is 1.51 bits per heavy atom. The third-order valence-corrected chi connectivity index (χ3v) is 24.1. The fourth-order valence-corrected chi connectivity index (χ4v) is 18.3. The van der Waals surface area contributed by atoms with Crippen LogP contribution in [0.2, 0.25) is 0 Å². The Morgan fingerprint density at radius 2 is 0.968 bits per heavy atom. The van der Waals surface area contributed by atoms with Gasteiger partial charge in [0.15, 0.2) is 0 Å². The summed E-state index contributed by atoms with van der Waals surface area (Å²) in [4.78, 5) is 54.4. The summed E-state index contributed by atoms with van der Waals surface area (Å²) in [7, 11) is 1.80. The van der Waals surface area contributed by atoms with Crippen molar-refractivity contribution in [2.75, 3.05) is 7.11 Å². The predicted molar refractivity (Wildman–Crippen MR) is 422 cm³/mol. The number of ether oxygens (including phenoxy) is 2. The molecule has 7 aromatic rings. The summed E-state index contributed by atoms with van der Waals surface area (Å²) >= 11 is 11.2. The summed E-state index contributed by atoms with van der Waals surface area (Å²) < 4.78 is 17.4. The number of hydrogen-bond acceptors (Lipinski definition) is 12. The molecule has 0 aliphatic rings. The Balaban J connectivity index is 0.000000675. The van der Waals surface area contributed by atoms with Crippen molar-refractivity contribution in [3.05, 3.63) is 104 Å². The fraction of sp³-hybridized carbons (Fsp3) is 0.580. The molecule has 7 rings (SSSR count). The number of carboxylic acids is 2. The van der Waals surface area contributed by atoms with E-state index in [0.29, 0.717) is 18.8 Å². The Morgan fingerprint density at radius 1 is 0.505 bits per heavy atom. The van der Waals surface area contributed by atoms with Crippen molar-refractivity contribution in [2.24, 2.45) is 11.8 Å². The first kappa shape index (κ1) is 86.5. The van der Waals surface area contributed by atoms with Crippen molar-refractivity contribution in [2.45, 2.75) is 287 Å². The molecule has 8 nitrogen and oxygen atoms in total. The summed E-state index contributed by atoms with van der Waals surface area (Å²) in [5.74, 6) is -0.980. The average Bonchev–Trinajstić information content (AvgIpc) is 1.60. The van der Waals surface area contributed by atoms with E-state index in [1.54, 1.807) is 18.4 Å². The number of unbranched alkanes of at least 4 members (excludes halogenated alkanes) is 16. The highest BCUT2D eigenvalue weighted by atomic mass is 32.1. The molecule has 14 heteroatoms. The van der Waals surface area contributed by atoms with Gasteiger partial charge < -0.3 is 24.5 Å². The van der Waals surface area contributed by atoms with Gasteiger partial charge in [0.2, 0.25) is 0 Å². The van der Waals surface area contributed by atoms with Gasteiger partial charge in [-0.05, 0) is 118 Å². The van der Waals surface area contributed by atoms with E-state index in [9.17, 15) is 19.2 Å². The Labute approximate surface area is 598 Å². The second-order valence-corrected chi connectivity index (χ2v) is 30.6. The highest BCUT2D eigenvalue weighted by molar-refractivity contribution is 7.32. The van der Waals surface area contributed by atoms with Gasteiger partial charge in [-0.3, -0.25) is 14.4 Å². The minimum absolute atomic E-state index is 0.0000513. The number of esters is 1. The Hall–Kier alpha value is -4.54. The normalized spacial score (nSPS) is 12.6. The largest absolute Gasteiger partial charge is 0.481 e. The van der Waals surface area contributed by atoms with Crippen LogP contribution in [0.5, 0.6) is 0 Å². The molecule has 0 saturated heterocycles. The van der Waals surface area contributed by atoms with Crippen molar-refractivity contribution in [1.29, 1.82) is 0 Å². The summed E-state index contributed by atoms with van der Waals surface area (Å²) in [6.45, 7) is 29.6. The van der Waals surface area contributed by atoms with Gasteiger partial charge in [-0.2, -0.15) is 0 Å². The minimum atomic E-state index is -0.675. The zero-order chi connectivity index (χ0) is 70.2. The molecule has 6 heterocycles. The number of carboxylic acid groups (broad SMARTS) is 2. The lowest BCUT2D eigenvalue weighted by Crippen LogP contribution is -2.20. The summed E-state index contributed by atoms with van der Waals surface area (Å²) in [6, 6.07) is 25.0. The molecule has 0 aliphatic carbocycles. The molecular formula is C81H122O8S6. The van der Waals surface area contributed by atoms with Crippen LogP contribution in [0.3, 0.4) is 0 Å². The maximum atomic E-state index is 13.4. The number of carbonyl (C=O) groups is 4. The van der Waals surface area contributed by atoms with E-state index < -0.39 is 11.9 Å². The van der Waals surface area contributed by atoms with Gasteiger partial charge in [-0.25, -0.2) is 0 Å². The fourth-order valence-electron chi connectivity index (χ4n) is 11.0. The molecule has 0 amide bonds. The van der Waals surface area contributed by atoms with Crippen molar-refractivity contribution in [3.63, 3.8) is 0 Å². The van der Waals surface area contributed by atoms with Crippen LogP contribution in [-0.4, -0.2) is 41.5 Å². The van der Waals surface area contributed by atoms with Crippen molar-refractivity contribution < 1.29 is 38.9 Å². The average molecular weight is 1420 g/mol. The van der Waals surface area contributed by atoms with Gasteiger partial charge >= 0.3 is 17.9 Å². The number of thiophene rings is 6. The third-order valence-electron chi connectivity index (χ3n) is 16.5. The number of aldehydes is 1. The maximum absolute atomic E-state index is 13.4. The highest BCUT2D eigenvalue weighted by Gasteiger charge is 2.25. The molecule has 0 bridgehead atoms. The summed E-state index contributed by atoms with van der Waals surface area (Å²) in [5.41, 5.74) is 1.29. The summed E-state index contributed by atoms with van der Waals surface area (Å²) in [6.07, 6.45) is 39.0. The monoisotopic (exact) mass is 1410 g/mol. The molecule has 4 atom stereocenters. The second kappa shape index (κ2) is 53.4. The maximum Gasteiger partial charge on any atom is 0.309 e. The van der Waals surface area contributed by atoms with Crippen LogP contribution in [0.25, 0.3) is 61.6 Å². The van der Waals surface area contributed by atoms with Gasteiger partial charge in [-0.15, -0.1) is 81.2 Å². The van der Waals surface area contributed by atoms with Crippen LogP contribution in [0.15, 0.2) is 79.9 Å². The molecule has 95 heavy (non-hydrogen) atoms. The third kappa shape index (κ3) is 32.3. The molecule has 0 fully saturated rings. The van der Waals surface area contributed by atoms with Gasteiger partial charge in [0.25, 0.3) is 0 Å². The minimum Gasteiger partial charge on any atom is -0.481 e. The first-order chi connectivity index (χ1) is 46.3. The SMILES string of the molecule is C/C=c1\c(=C/Cc2ccc(-c3ccc(C(CC)OC(=O)C(CCCC)CCCCCC)s3)s2)sc2c1sc1cc(-c3ccc(-c4ccc(C(CC)OC)s4)s3)ccc12.C=C.CC.CCCCCCC(=O)O.CCCCCCC(C=O)CCCCC.CCCCCCCC(=O)O. The van der Waals surface area contributed by atoms with Gasteiger partial charge in [0, 0.05) is 91.1 Å². The van der Waals surface area contributed by atoms with Crippen LogP contribution < -0.4 is 9.75 Å². The van der Waals surface area contributed by atoms with Crippen LogP contribution >= 0.6 is 68.0 Å². The number of aliphatic carboxylic acids is 2. The first-order valence-corrected chi connectivity index (χ1v) is 41.3. The molecule has 0 aliphatic heterocycles. The number of methoxy groups -OCH3 is 1. The van der Waals surface area contributed by atoms with Crippen LogP contribution in [0.1, 0.15) is 296 Å². The number of fused-ring (bicyclic) bond motifs is 3. The molecule has 0 saturated carbocycles. The topological polar surface area (TPSA) is 127 Å². The Bertz CT molecular complexity index is 3250. The van der Waals surface area contributed by atoms with Crippen molar-refractivity contribution >= 4 is 124 Å². The van der Waals surface area contributed by atoms with E-state index in [-0.39, 0.29) is 24.1 Å². The highest BCUT2D eigenvalue weighted by Crippen LogP contribution is 2.43. The molecule has 0 spiro atoms. The first-order valence-electron chi connectivity index (χ1n) is 36.4. The van der Waals surface area contributed by atoms with Gasteiger partial charge in [0.1, 0.15) is 12.4 Å². The van der Waals surface area contributed by atoms with E-state index >= 15 is 0 Å². The standard InChI is InChI=1S/C49H56O3S6.C13H26O.C8H16O2.C7H14O2.C2H6.C2H4/c1-7-12-14-15-17-31(16-13-8-2)49(50)52-37(11-5)41-26-29-43(56-41)42-23-20-33(53-42)19-22-39-34(9-3)47-48(57-39)35-21-18-32(30-46(35)58-47)38-24-27-44(54-38)45-28-25-40(55-45)36(10-4)51-6;1-3-5-7-9-11-13(12-14)10-8-6-4-2;1-2-3-4-5-6-7-8(9)10;1-2-3-4-5-6-7(8)9;2*1-2/h9,18,20-31,36-37H,7-8,10-17,19H2,1-6H3;12-13H,3-11H2,1-2H3;2-7H2,1H3,(H,9,10);2-6H2,1H3,(H,8,9);1-2H3;1-2H2/b34-9+,39-22+;;;;;. The van der Waals surface area contributed by atoms with Crippen molar-refractivity contribution in [1.82, 2.24) is 0 Å². The van der Waals surface area contributed by atoms with Crippen LogP contribution in [0.4, 0.5) is 0 Å². The van der Waals surface area contributed by atoms with Crippen LogP contribution in [-0.2, 0) is 35.1 Å². The molecular weight excluding hydrogens is 1290 g/mol. The van der Waals surface area contributed by atoms with E-state index in [0.717, 1.165) is 101 Å². The van der Waals surface area contributed by atoms with Gasteiger partial charge in [-0.1, -0.05) is 222 Å². The number of carbonyl (C=O) groups excluding carboxylic acids is 2. The Kier molecular flexibility index (Phi) is 48.7. The van der Waals surface area contributed by atoms with Crippen LogP contribution in [0, 0.1) is 11.8 Å². The smallest absolute Gasteiger partial charge is 0.309 e. The second-order valence-electron chi connectivity index (χ2n) is 24.0.